The minimum Gasteiger partial charge on any atom is -0.485 e. The summed E-state index contributed by atoms with van der Waals surface area (Å²) in [5.74, 6) is -13.5. The van der Waals surface area contributed by atoms with Crippen molar-refractivity contribution in [2.24, 2.45) is 11.5 Å². The molecular weight excluding hydrogens is 263 g/mol. The zero-order chi connectivity index (χ0) is 14.0. The molecule has 0 saturated heterocycles. The summed E-state index contributed by atoms with van der Waals surface area (Å²) in [6.45, 7) is -0.826. The topological polar surface area (TPSA) is 78.3 Å². The van der Waals surface area contributed by atoms with Gasteiger partial charge in [0.05, 0.1) is 0 Å². The summed E-state index contributed by atoms with van der Waals surface area (Å²) >= 11 is 0. The molecule has 1 amide bonds. The van der Waals surface area contributed by atoms with Crippen molar-refractivity contribution < 1.29 is 31.5 Å². The Kier molecular flexibility index (Phi) is 4.07. The maximum Gasteiger partial charge on any atom is 0.237 e. The highest BCUT2D eigenvalue weighted by Gasteiger charge is 2.27. The fourth-order valence-corrected chi connectivity index (χ4v) is 0.967. The van der Waals surface area contributed by atoms with Crippen molar-refractivity contribution in [1.29, 1.82) is 0 Å². The van der Waals surface area contributed by atoms with Crippen LogP contribution in [-0.4, -0.2) is 18.6 Å². The lowest BCUT2D eigenvalue weighted by atomic mass is 10.2. The smallest absolute Gasteiger partial charge is 0.237 e. The van der Waals surface area contributed by atoms with Crippen LogP contribution in [0.3, 0.4) is 0 Å². The summed E-state index contributed by atoms with van der Waals surface area (Å²) in [5, 5.41) is 0. The van der Waals surface area contributed by atoms with E-state index in [-0.39, 0.29) is 0 Å². The number of benzene rings is 1. The molecule has 0 fully saturated rings. The van der Waals surface area contributed by atoms with E-state index in [4.69, 9.17) is 11.5 Å². The van der Waals surface area contributed by atoms with Crippen LogP contribution in [0.25, 0.3) is 0 Å². The van der Waals surface area contributed by atoms with Gasteiger partial charge < -0.3 is 16.2 Å². The Hall–Kier alpha value is -1.90. The number of carbonyl (C=O) groups excluding carboxylic acids is 1. The number of halogens is 5. The first-order valence-corrected chi connectivity index (χ1v) is 4.46. The van der Waals surface area contributed by atoms with Crippen LogP contribution in [0.2, 0.25) is 0 Å². The molecule has 0 spiro atoms. The molecule has 0 aliphatic rings. The molecule has 0 heterocycles. The van der Waals surface area contributed by atoms with Gasteiger partial charge in [-0.15, -0.1) is 0 Å². The van der Waals surface area contributed by atoms with Crippen LogP contribution >= 0.6 is 0 Å². The summed E-state index contributed by atoms with van der Waals surface area (Å²) in [5.41, 5.74) is 9.79. The van der Waals surface area contributed by atoms with Gasteiger partial charge in [-0.25, -0.2) is 13.2 Å². The summed E-state index contributed by atoms with van der Waals surface area (Å²) in [6.07, 6.45) is 0. The monoisotopic (exact) mass is 270 g/mol. The number of hydrogen-bond acceptors (Lipinski definition) is 3. The van der Waals surface area contributed by atoms with E-state index in [0.29, 0.717) is 0 Å². The molecule has 1 atom stereocenters. The highest BCUT2D eigenvalue weighted by Crippen LogP contribution is 2.28. The van der Waals surface area contributed by atoms with E-state index in [1.54, 1.807) is 0 Å². The zero-order valence-electron chi connectivity index (χ0n) is 8.65. The van der Waals surface area contributed by atoms with Crippen molar-refractivity contribution in [3.05, 3.63) is 29.1 Å². The summed E-state index contributed by atoms with van der Waals surface area (Å²) < 4.78 is 68.5. The SMILES string of the molecule is NC(=O)C(N)COc1c(F)c(F)c(F)c(F)c1F. The molecule has 0 radical (unpaired) electrons. The largest absolute Gasteiger partial charge is 0.485 e. The normalized spacial score (nSPS) is 12.3. The third kappa shape index (κ3) is 2.50. The van der Waals surface area contributed by atoms with E-state index >= 15 is 0 Å². The van der Waals surface area contributed by atoms with Gasteiger partial charge >= 0.3 is 0 Å². The maximum absolute atomic E-state index is 13.1. The molecule has 0 saturated carbocycles. The molecular formula is C9H7F5N2O2. The molecule has 0 aromatic heterocycles. The van der Waals surface area contributed by atoms with E-state index in [1.165, 1.54) is 0 Å². The molecule has 1 aromatic rings. The van der Waals surface area contributed by atoms with Crippen molar-refractivity contribution in [2.75, 3.05) is 6.61 Å². The van der Waals surface area contributed by atoms with Gasteiger partial charge in [-0.1, -0.05) is 0 Å². The second kappa shape index (κ2) is 5.17. The molecule has 9 heteroatoms. The van der Waals surface area contributed by atoms with E-state index in [9.17, 15) is 26.7 Å². The lowest BCUT2D eigenvalue weighted by molar-refractivity contribution is -0.119. The number of carbonyl (C=O) groups is 1. The van der Waals surface area contributed by atoms with Crippen molar-refractivity contribution in [3.8, 4) is 5.75 Å². The Balaban J connectivity index is 3.07. The molecule has 4 N–H and O–H groups in total. The van der Waals surface area contributed by atoms with Crippen molar-refractivity contribution in [1.82, 2.24) is 0 Å². The van der Waals surface area contributed by atoms with E-state index in [0.717, 1.165) is 0 Å². The Morgan fingerprint density at radius 1 is 1.00 bits per heavy atom. The molecule has 0 aliphatic heterocycles. The molecule has 18 heavy (non-hydrogen) atoms. The first-order valence-electron chi connectivity index (χ1n) is 4.46. The van der Waals surface area contributed by atoms with Crippen LogP contribution in [0.5, 0.6) is 5.75 Å². The number of ether oxygens (including phenoxy) is 1. The van der Waals surface area contributed by atoms with E-state index in [2.05, 4.69) is 4.74 Å². The Bertz CT molecular complexity index is 465. The third-order valence-electron chi connectivity index (χ3n) is 1.94. The minimum absolute atomic E-state index is 0.826. The summed E-state index contributed by atoms with van der Waals surface area (Å²) in [6, 6.07) is -1.44. The lowest BCUT2D eigenvalue weighted by Crippen LogP contribution is -2.41. The second-order valence-corrected chi connectivity index (χ2v) is 3.22. The average Bonchev–Trinajstić information content (AvgIpc) is 2.33. The predicted molar refractivity (Wildman–Crippen MR) is 48.9 cm³/mol. The Labute approximate surface area is 97.3 Å². The molecule has 1 unspecified atom stereocenters. The van der Waals surface area contributed by atoms with E-state index in [1.807, 2.05) is 0 Å². The van der Waals surface area contributed by atoms with E-state index < -0.39 is 53.4 Å². The molecule has 1 rings (SSSR count). The maximum atomic E-state index is 13.1. The van der Waals surface area contributed by atoms with Gasteiger partial charge in [-0.05, 0) is 0 Å². The Morgan fingerprint density at radius 3 is 1.78 bits per heavy atom. The van der Waals surface area contributed by atoms with Crippen LogP contribution in [0.4, 0.5) is 22.0 Å². The quantitative estimate of drug-likeness (QED) is 0.477. The van der Waals surface area contributed by atoms with Gasteiger partial charge in [-0.2, -0.15) is 8.78 Å². The van der Waals surface area contributed by atoms with Crippen molar-refractivity contribution in [3.63, 3.8) is 0 Å². The van der Waals surface area contributed by atoms with Gasteiger partial charge in [0.2, 0.25) is 35.0 Å². The fraction of sp³-hybridized carbons (Fsp3) is 0.222. The summed E-state index contributed by atoms with van der Waals surface area (Å²) in [7, 11) is 0. The number of hydrogen-bond donors (Lipinski definition) is 2. The summed E-state index contributed by atoms with van der Waals surface area (Å²) in [4.78, 5) is 10.5. The fourth-order valence-electron chi connectivity index (χ4n) is 0.967. The number of rotatable bonds is 4. The first kappa shape index (κ1) is 14.2. The van der Waals surface area contributed by atoms with Gasteiger partial charge in [0, 0.05) is 0 Å². The first-order chi connectivity index (χ1) is 8.27. The minimum atomic E-state index is -2.31. The van der Waals surface area contributed by atoms with Gasteiger partial charge in [-0.3, -0.25) is 4.79 Å². The highest BCUT2D eigenvalue weighted by molar-refractivity contribution is 5.79. The number of nitrogens with two attached hydrogens (primary N) is 2. The van der Waals surface area contributed by atoms with Crippen LogP contribution in [0.1, 0.15) is 0 Å². The van der Waals surface area contributed by atoms with Gasteiger partial charge in [0.25, 0.3) is 0 Å². The lowest BCUT2D eigenvalue weighted by Gasteiger charge is -2.12. The van der Waals surface area contributed by atoms with Gasteiger partial charge in [0.1, 0.15) is 12.6 Å². The van der Waals surface area contributed by atoms with Crippen LogP contribution in [0.15, 0.2) is 0 Å². The zero-order valence-corrected chi connectivity index (χ0v) is 8.65. The average molecular weight is 270 g/mol. The molecule has 0 aliphatic carbocycles. The standard InChI is InChI=1S/C9H7F5N2O2/c10-3-4(11)6(13)8(7(14)5(3)12)18-1-2(15)9(16)17/h2H,1,15H2,(H2,16,17). The third-order valence-corrected chi connectivity index (χ3v) is 1.94. The second-order valence-electron chi connectivity index (χ2n) is 3.22. The predicted octanol–water partition coefficient (Wildman–Crippen LogP) is 0.573. The molecule has 0 bridgehead atoms. The highest BCUT2D eigenvalue weighted by atomic mass is 19.2. The van der Waals surface area contributed by atoms with Crippen molar-refractivity contribution >= 4 is 5.91 Å². The van der Waals surface area contributed by atoms with Gasteiger partial charge in [0.15, 0.2) is 5.75 Å². The van der Waals surface area contributed by atoms with Crippen LogP contribution in [0, 0.1) is 29.1 Å². The van der Waals surface area contributed by atoms with Crippen LogP contribution in [-0.2, 0) is 4.79 Å². The Morgan fingerprint density at radius 2 is 1.39 bits per heavy atom. The molecule has 4 nitrogen and oxygen atoms in total. The molecule has 100 valence electrons. The van der Waals surface area contributed by atoms with Crippen molar-refractivity contribution in [2.45, 2.75) is 6.04 Å². The molecule has 1 aromatic carbocycles. The number of amides is 1. The van der Waals surface area contributed by atoms with Crippen LogP contribution < -0.4 is 16.2 Å². The number of primary amides is 1.